The molecule has 132 valence electrons. The third-order valence-corrected chi connectivity index (χ3v) is 6.91. The Kier molecular flexibility index (Phi) is 4.55. The summed E-state index contributed by atoms with van der Waals surface area (Å²) in [4.78, 5) is 36.8. The lowest BCUT2D eigenvalue weighted by Gasteiger charge is -2.22. The third-order valence-electron chi connectivity index (χ3n) is 3.57. The fraction of sp³-hybridized carbons (Fsp3) is 0.0714. The van der Waals surface area contributed by atoms with Crippen LogP contribution >= 0.6 is 15.2 Å². The van der Waals surface area contributed by atoms with E-state index in [4.69, 9.17) is 0 Å². The number of aromatic amines is 1. The lowest BCUT2D eigenvalue weighted by Crippen LogP contribution is -2.19. The van der Waals surface area contributed by atoms with Crippen LogP contribution in [-0.2, 0) is 9.13 Å². The van der Waals surface area contributed by atoms with Gasteiger partial charge in [0.25, 0.3) is 0 Å². The highest BCUT2D eigenvalue weighted by Crippen LogP contribution is 2.59. The highest BCUT2D eigenvalue weighted by atomic mass is 31.2. The quantitative estimate of drug-likeness (QED) is 0.367. The lowest BCUT2D eigenvalue weighted by atomic mass is 10.0. The van der Waals surface area contributed by atoms with Crippen LogP contribution in [0.15, 0.2) is 48.7 Å². The first kappa shape index (κ1) is 17.8. The smallest absolute Gasteiger partial charge is 0.360 e. The van der Waals surface area contributed by atoms with Crippen molar-refractivity contribution in [2.45, 2.75) is 5.52 Å². The Morgan fingerprint density at radius 2 is 1.64 bits per heavy atom. The normalized spacial score (nSPS) is 12.7. The summed E-state index contributed by atoms with van der Waals surface area (Å²) in [5, 5.41) is 9.91. The summed E-state index contributed by atoms with van der Waals surface area (Å²) in [7, 11) is -10.1. The second-order valence-corrected chi connectivity index (χ2v) is 9.25. The Labute approximate surface area is 142 Å². The molecule has 0 unspecified atom stereocenters. The maximum Gasteiger partial charge on any atom is 0.360 e. The van der Waals surface area contributed by atoms with Crippen molar-refractivity contribution in [3.63, 3.8) is 0 Å². The molecule has 3 aromatic rings. The molecule has 0 aliphatic carbocycles. The third kappa shape index (κ3) is 3.99. The van der Waals surface area contributed by atoms with Crippen molar-refractivity contribution in [3.8, 4) is 11.1 Å². The maximum absolute atomic E-state index is 11.4. The SMILES string of the molecule is O=P(O)(O)C(Nc1cccc(-c2ccc3[nH]ncc3c2)c1)P(=O)(O)O. The molecular weight excluding hydrogens is 368 g/mol. The van der Waals surface area contributed by atoms with Crippen LogP contribution in [0.25, 0.3) is 22.0 Å². The topological polar surface area (TPSA) is 156 Å². The first-order chi connectivity index (χ1) is 11.6. The van der Waals surface area contributed by atoms with E-state index < -0.39 is 20.7 Å². The minimum absolute atomic E-state index is 0.182. The van der Waals surface area contributed by atoms with Crippen LogP contribution in [0.2, 0.25) is 0 Å². The van der Waals surface area contributed by atoms with Gasteiger partial charge in [-0.2, -0.15) is 5.10 Å². The van der Waals surface area contributed by atoms with Crippen molar-refractivity contribution < 1.29 is 28.7 Å². The molecule has 0 atom stereocenters. The Morgan fingerprint density at radius 1 is 0.960 bits per heavy atom. The average molecular weight is 383 g/mol. The van der Waals surface area contributed by atoms with Crippen LogP contribution in [0, 0.1) is 0 Å². The van der Waals surface area contributed by atoms with E-state index in [1.54, 1.807) is 24.4 Å². The standard InChI is InChI=1S/C14H15N3O6P2/c18-24(19,20)14(25(21,22)23)16-12-3-1-2-9(7-12)10-4-5-13-11(6-10)8-15-17-13/h1-8,14,16H,(H,15,17)(H2,18,19,20)(H2,21,22,23). The minimum atomic E-state index is -5.06. The van der Waals surface area contributed by atoms with Crippen LogP contribution in [0.4, 0.5) is 5.69 Å². The molecule has 2 aromatic carbocycles. The molecule has 0 saturated heterocycles. The molecule has 1 aromatic heterocycles. The minimum Gasteiger partial charge on any atom is -0.362 e. The van der Waals surface area contributed by atoms with Crippen LogP contribution in [0.5, 0.6) is 0 Å². The van der Waals surface area contributed by atoms with Gasteiger partial charge in [0.15, 0.2) is 0 Å². The van der Waals surface area contributed by atoms with Gasteiger partial charge >= 0.3 is 15.2 Å². The van der Waals surface area contributed by atoms with Crippen LogP contribution in [0.3, 0.4) is 0 Å². The molecule has 9 nitrogen and oxygen atoms in total. The molecule has 0 radical (unpaired) electrons. The molecule has 0 saturated carbocycles. The zero-order chi connectivity index (χ0) is 18.2. The van der Waals surface area contributed by atoms with Gasteiger partial charge in [-0.1, -0.05) is 18.2 Å². The van der Waals surface area contributed by atoms with Crippen molar-refractivity contribution >= 4 is 31.8 Å². The number of H-pyrrole nitrogens is 1. The molecule has 25 heavy (non-hydrogen) atoms. The van der Waals surface area contributed by atoms with E-state index in [2.05, 4.69) is 15.5 Å². The summed E-state index contributed by atoms with van der Waals surface area (Å²) >= 11 is 0. The zero-order valence-electron chi connectivity index (χ0n) is 12.6. The Morgan fingerprint density at radius 3 is 2.32 bits per heavy atom. The van der Waals surface area contributed by atoms with Crippen LogP contribution < -0.4 is 5.32 Å². The summed E-state index contributed by atoms with van der Waals surface area (Å²) in [6, 6.07) is 12.0. The lowest BCUT2D eigenvalue weighted by molar-refractivity contribution is 0.343. The predicted molar refractivity (Wildman–Crippen MR) is 93.0 cm³/mol. The number of fused-ring (bicyclic) bond motifs is 1. The molecule has 11 heteroatoms. The van der Waals surface area contributed by atoms with E-state index in [-0.39, 0.29) is 5.69 Å². The molecule has 0 amide bonds. The molecular formula is C14H15N3O6P2. The van der Waals surface area contributed by atoms with Gasteiger partial charge in [-0.05, 0) is 35.4 Å². The summed E-state index contributed by atoms with van der Waals surface area (Å²) in [6.07, 6.45) is 1.67. The number of anilines is 1. The summed E-state index contributed by atoms with van der Waals surface area (Å²) in [5.74, 6) is 0. The number of nitrogens with zero attached hydrogens (tertiary/aromatic N) is 1. The van der Waals surface area contributed by atoms with Gasteiger partial charge in [-0.25, -0.2) is 0 Å². The first-order valence-corrected chi connectivity index (χ1v) is 10.4. The van der Waals surface area contributed by atoms with E-state index in [0.717, 1.165) is 16.5 Å². The molecule has 0 bridgehead atoms. The number of nitrogens with one attached hydrogen (secondary N) is 2. The highest BCUT2D eigenvalue weighted by Gasteiger charge is 2.43. The second kappa shape index (κ2) is 6.38. The van der Waals surface area contributed by atoms with E-state index >= 15 is 0 Å². The molecule has 0 fully saturated rings. The Balaban J connectivity index is 1.95. The summed E-state index contributed by atoms with van der Waals surface area (Å²) in [5.41, 5.74) is 0.277. The number of rotatable bonds is 5. The largest absolute Gasteiger partial charge is 0.362 e. The number of hydrogen-bond acceptors (Lipinski definition) is 4. The molecule has 0 aliphatic heterocycles. The fourth-order valence-electron chi connectivity index (χ4n) is 2.42. The second-order valence-electron chi connectivity index (χ2n) is 5.45. The predicted octanol–water partition coefficient (Wildman–Crippen LogP) is 2.28. The van der Waals surface area contributed by atoms with Crippen molar-refractivity contribution in [2.24, 2.45) is 0 Å². The number of hydrogen-bond donors (Lipinski definition) is 6. The number of benzene rings is 2. The fourth-order valence-corrected chi connectivity index (χ4v) is 4.63. The number of aromatic nitrogens is 2. The molecule has 6 N–H and O–H groups in total. The van der Waals surface area contributed by atoms with Gasteiger partial charge in [0.2, 0.25) is 5.52 Å². The van der Waals surface area contributed by atoms with E-state index in [0.29, 0.717) is 5.56 Å². The van der Waals surface area contributed by atoms with Gasteiger partial charge in [-0.3, -0.25) is 14.2 Å². The van der Waals surface area contributed by atoms with Crippen molar-refractivity contribution in [1.29, 1.82) is 0 Å². The maximum atomic E-state index is 11.4. The Hall–Kier alpha value is -1.99. The van der Waals surface area contributed by atoms with E-state index in [9.17, 15) is 28.7 Å². The van der Waals surface area contributed by atoms with Crippen molar-refractivity contribution in [1.82, 2.24) is 10.2 Å². The monoisotopic (exact) mass is 383 g/mol. The molecule has 1 heterocycles. The van der Waals surface area contributed by atoms with Gasteiger partial charge in [0.05, 0.1) is 11.7 Å². The first-order valence-electron chi connectivity index (χ1n) is 7.05. The van der Waals surface area contributed by atoms with Crippen molar-refractivity contribution in [3.05, 3.63) is 48.7 Å². The van der Waals surface area contributed by atoms with Crippen LogP contribution in [0.1, 0.15) is 0 Å². The highest BCUT2D eigenvalue weighted by molar-refractivity contribution is 7.71. The molecule has 0 aliphatic rings. The van der Waals surface area contributed by atoms with Gasteiger partial charge in [0, 0.05) is 11.1 Å². The average Bonchev–Trinajstić information content (AvgIpc) is 2.98. The van der Waals surface area contributed by atoms with Gasteiger partial charge < -0.3 is 24.9 Å². The zero-order valence-corrected chi connectivity index (χ0v) is 14.4. The van der Waals surface area contributed by atoms with Gasteiger partial charge in [0.1, 0.15) is 0 Å². The Bertz CT molecular complexity index is 986. The summed E-state index contributed by atoms with van der Waals surface area (Å²) in [6.45, 7) is 0. The molecule has 0 spiro atoms. The van der Waals surface area contributed by atoms with Crippen molar-refractivity contribution in [2.75, 3.05) is 5.32 Å². The summed E-state index contributed by atoms with van der Waals surface area (Å²) < 4.78 is 22.8. The van der Waals surface area contributed by atoms with Gasteiger partial charge in [-0.15, -0.1) is 0 Å². The van der Waals surface area contributed by atoms with E-state index in [1.165, 1.54) is 6.07 Å². The van der Waals surface area contributed by atoms with E-state index in [1.807, 2.05) is 18.2 Å². The van der Waals surface area contributed by atoms with Crippen LogP contribution in [-0.4, -0.2) is 35.3 Å². The molecule has 3 rings (SSSR count).